The van der Waals surface area contributed by atoms with E-state index in [1.54, 1.807) is 6.07 Å². The number of amides is 2. The molecule has 0 radical (unpaired) electrons. The Bertz CT molecular complexity index is 666. The van der Waals surface area contributed by atoms with Gasteiger partial charge < -0.3 is 16.0 Å². The monoisotopic (exact) mass is 289 g/mol. The van der Waals surface area contributed by atoms with E-state index < -0.39 is 22.8 Å². The number of benzene rings is 1. The maximum absolute atomic E-state index is 12.0. The van der Waals surface area contributed by atoms with Gasteiger partial charge in [-0.05, 0) is 6.07 Å². The largest absolute Gasteiger partial charge is 0.341 e. The van der Waals surface area contributed by atoms with Gasteiger partial charge in [-0.15, -0.1) is 0 Å². The molecule has 1 aliphatic rings. The second-order valence-corrected chi connectivity index (χ2v) is 4.34. The van der Waals surface area contributed by atoms with Crippen molar-refractivity contribution in [3.63, 3.8) is 0 Å². The zero-order chi connectivity index (χ0) is 15.6. The van der Waals surface area contributed by atoms with Crippen LogP contribution in [0.1, 0.15) is 11.6 Å². The number of nitro benzene ring substituents is 1. The number of nitrogens with two attached hydrogens (primary N) is 1. The summed E-state index contributed by atoms with van der Waals surface area (Å²) in [5.74, 6) is -1.03. The number of hydrogen-bond acceptors (Lipinski definition) is 6. The van der Waals surface area contributed by atoms with Crippen molar-refractivity contribution in [1.82, 2.24) is 5.32 Å². The van der Waals surface area contributed by atoms with Gasteiger partial charge in [0.1, 0.15) is 19.1 Å². The minimum absolute atomic E-state index is 0.167. The van der Waals surface area contributed by atoms with Crippen molar-refractivity contribution >= 4 is 23.2 Å². The molecule has 0 fully saturated rings. The molecule has 2 rings (SSSR count). The van der Waals surface area contributed by atoms with Crippen LogP contribution in [0, 0.1) is 21.4 Å². The van der Waals surface area contributed by atoms with Gasteiger partial charge in [0.15, 0.2) is 0 Å². The molecule has 1 aliphatic heterocycles. The molecular formula is C12H11N5O4. The van der Waals surface area contributed by atoms with E-state index >= 15 is 0 Å². The second-order valence-electron chi connectivity index (χ2n) is 4.34. The SMILES string of the molecule is N#CCNC(=O)CN1C(=O)C(N)c2cc([N+](=O)[O-])ccc21. The lowest BCUT2D eigenvalue weighted by atomic mass is 10.1. The van der Waals surface area contributed by atoms with Crippen LogP contribution in [0.15, 0.2) is 18.2 Å². The van der Waals surface area contributed by atoms with Crippen molar-refractivity contribution in [2.75, 3.05) is 18.0 Å². The van der Waals surface area contributed by atoms with Crippen LogP contribution >= 0.6 is 0 Å². The smallest absolute Gasteiger partial charge is 0.269 e. The highest BCUT2D eigenvalue weighted by atomic mass is 16.6. The first-order valence-corrected chi connectivity index (χ1v) is 5.94. The van der Waals surface area contributed by atoms with Gasteiger partial charge in [0.25, 0.3) is 5.69 Å². The Morgan fingerprint density at radius 3 is 2.90 bits per heavy atom. The first kappa shape index (κ1) is 14.4. The van der Waals surface area contributed by atoms with Crippen molar-refractivity contribution in [2.24, 2.45) is 5.73 Å². The molecule has 2 amide bonds. The number of nitriles is 1. The molecule has 0 bridgehead atoms. The van der Waals surface area contributed by atoms with E-state index in [2.05, 4.69) is 5.32 Å². The molecule has 9 heteroatoms. The van der Waals surface area contributed by atoms with Crippen molar-refractivity contribution in [1.29, 1.82) is 5.26 Å². The van der Waals surface area contributed by atoms with Gasteiger partial charge in [-0.2, -0.15) is 5.26 Å². The summed E-state index contributed by atoms with van der Waals surface area (Å²) in [6, 6.07) is 4.56. The molecule has 0 saturated carbocycles. The third-order valence-corrected chi connectivity index (χ3v) is 3.05. The minimum atomic E-state index is -1.04. The molecule has 1 heterocycles. The van der Waals surface area contributed by atoms with Gasteiger partial charge in [0, 0.05) is 17.7 Å². The molecule has 1 aromatic carbocycles. The third-order valence-electron chi connectivity index (χ3n) is 3.05. The number of carbonyl (C=O) groups is 2. The zero-order valence-corrected chi connectivity index (χ0v) is 10.8. The van der Waals surface area contributed by atoms with E-state index in [4.69, 9.17) is 11.0 Å². The Hall–Kier alpha value is -2.99. The quantitative estimate of drug-likeness (QED) is 0.438. The lowest BCUT2D eigenvalue weighted by Gasteiger charge is -2.16. The maximum Gasteiger partial charge on any atom is 0.269 e. The summed E-state index contributed by atoms with van der Waals surface area (Å²) in [5, 5.41) is 21.4. The Labute approximate surface area is 119 Å². The number of fused-ring (bicyclic) bond motifs is 1. The summed E-state index contributed by atoms with van der Waals surface area (Å²) in [6.07, 6.45) is 0. The standard InChI is InChI=1S/C12H11N5O4/c13-3-4-15-10(18)6-16-9-2-1-7(17(20)21)5-8(9)11(14)12(16)19/h1-2,5,11H,4,6,14H2,(H,15,18). The van der Waals surface area contributed by atoms with E-state index in [-0.39, 0.29) is 18.8 Å². The summed E-state index contributed by atoms with van der Waals surface area (Å²) in [5.41, 5.74) is 6.23. The summed E-state index contributed by atoms with van der Waals surface area (Å²) in [4.78, 5) is 34.9. The van der Waals surface area contributed by atoms with E-state index in [0.717, 1.165) is 4.90 Å². The molecule has 1 atom stereocenters. The highest BCUT2D eigenvalue weighted by Gasteiger charge is 2.36. The van der Waals surface area contributed by atoms with Crippen LogP contribution in [-0.2, 0) is 9.59 Å². The molecule has 1 aromatic rings. The summed E-state index contributed by atoms with van der Waals surface area (Å²) >= 11 is 0. The molecule has 0 saturated heterocycles. The molecule has 0 aromatic heterocycles. The van der Waals surface area contributed by atoms with Crippen LogP contribution in [0.25, 0.3) is 0 Å². The predicted octanol–water partition coefficient (Wildman–Crippen LogP) is -0.419. The van der Waals surface area contributed by atoms with Gasteiger partial charge in [-0.1, -0.05) is 0 Å². The Morgan fingerprint density at radius 2 is 2.29 bits per heavy atom. The average molecular weight is 289 g/mol. The first-order chi connectivity index (χ1) is 9.95. The fourth-order valence-electron chi connectivity index (χ4n) is 2.07. The molecule has 3 N–H and O–H groups in total. The molecule has 9 nitrogen and oxygen atoms in total. The van der Waals surface area contributed by atoms with Crippen molar-refractivity contribution in [2.45, 2.75) is 6.04 Å². The number of rotatable bonds is 4. The predicted molar refractivity (Wildman–Crippen MR) is 71.0 cm³/mol. The van der Waals surface area contributed by atoms with Gasteiger partial charge in [0.05, 0.1) is 16.7 Å². The Kier molecular flexibility index (Phi) is 3.82. The molecule has 21 heavy (non-hydrogen) atoms. The minimum Gasteiger partial charge on any atom is -0.341 e. The Balaban J connectivity index is 2.27. The molecular weight excluding hydrogens is 278 g/mol. The first-order valence-electron chi connectivity index (χ1n) is 5.94. The molecule has 108 valence electrons. The van der Waals surface area contributed by atoms with E-state index in [1.807, 2.05) is 0 Å². The summed E-state index contributed by atoms with van der Waals surface area (Å²) in [6.45, 7) is -0.459. The fraction of sp³-hybridized carbons (Fsp3) is 0.250. The highest BCUT2D eigenvalue weighted by molar-refractivity contribution is 6.07. The fourth-order valence-corrected chi connectivity index (χ4v) is 2.07. The zero-order valence-electron chi connectivity index (χ0n) is 10.8. The Morgan fingerprint density at radius 1 is 1.57 bits per heavy atom. The van der Waals surface area contributed by atoms with Crippen molar-refractivity contribution in [3.8, 4) is 6.07 Å². The number of nitro groups is 1. The topological polar surface area (TPSA) is 142 Å². The van der Waals surface area contributed by atoms with Gasteiger partial charge in [0.2, 0.25) is 11.8 Å². The lowest BCUT2D eigenvalue weighted by Crippen LogP contribution is -2.40. The van der Waals surface area contributed by atoms with Crippen molar-refractivity contribution < 1.29 is 14.5 Å². The number of nitrogens with zero attached hydrogens (tertiary/aromatic N) is 3. The number of hydrogen-bond donors (Lipinski definition) is 2. The van der Waals surface area contributed by atoms with Crippen LogP contribution in [0.3, 0.4) is 0 Å². The summed E-state index contributed by atoms with van der Waals surface area (Å²) in [7, 11) is 0. The molecule has 0 aliphatic carbocycles. The van der Waals surface area contributed by atoms with E-state index in [9.17, 15) is 19.7 Å². The van der Waals surface area contributed by atoms with Crippen LogP contribution in [-0.4, -0.2) is 29.8 Å². The van der Waals surface area contributed by atoms with E-state index in [1.165, 1.54) is 18.2 Å². The number of nitrogens with one attached hydrogen (secondary N) is 1. The maximum atomic E-state index is 12.0. The van der Waals surface area contributed by atoms with Gasteiger partial charge in [-0.25, -0.2) is 0 Å². The second kappa shape index (κ2) is 5.56. The van der Waals surface area contributed by atoms with Crippen LogP contribution in [0.5, 0.6) is 0 Å². The van der Waals surface area contributed by atoms with Crippen LogP contribution in [0.2, 0.25) is 0 Å². The molecule has 1 unspecified atom stereocenters. The summed E-state index contributed by atoms with van der Waals surface area (Å²) < 4.78 is 0. The lowest BCUT2D eigenvalue weighted by molar-refractivity contribution is -0.384. The average Bonchev–Trinajstić information content (AvgIpc) is 2.70. The normalized spacial score (nSPS) is 16.3. The number of anilines is 1. The van der Waals surface area contributed by atoms with Gasteiger partial charge in [-0.3, -0.25) is 19.7 Å². The highest BCUT2D eigenvalue weighted by Crippen LogP contribution is 2.36. The van der Waals surface area contributed by atoms with Crippen molar-refractivity contribution in [3.05, 3.63) is 33.9 Å². The number of non-ortho nitro benzene ring substituents is 1. The van der Waals surface area contributed by atoms with Crippen LogP contribution < -0.4 is 16.0 Å². The van der Waals surface area contributed by atoms with Crippen LogP contribution in [0.4, 0.5) is 11.4 Å². The third kappa shape index (κ3) is 2.65. The number of carbonyl (C=O) groups excluding carboxylic acids is 2. The van der Waals surface area contributed by atoms with Gasteiger partial charge >= 0.3 is 0 Å². The molecule has 0 spiro atoms. The van der Waals surface area contributed by atoms with E-state index in [0.29, 0.717) is 11.3 Å².